The fraction of sp³-hybridized carbons (Fsp3) is 0.571. The van der Waals surface area contributed by atoms with Gasteiger partial charge in [0, 0.05) is 12.0 Å². The van der Waals surface area contributed by atoms with Gasteiger partial charge in [-0.15, -0.1) is 0 Å². The molecule has 0 saturated heterocycles. The zero-order chi connectivity index (χ0) is 20.1. The number of fused-ring (bicyclic) bond motifs is 5. The molecule has 28 heavy (non-hydrogen) atoms. The van der Waals surface area contributed by atoms with Crippen LogP contribution in [0.3, 0.4) is 0 Å². The maximum atomic E-state index is 9.55. The van der Waals surface area contributed by atoms with Crippen molar-refractivity contribution < 1.29 is 14.3 Å². The predicted molar refractivity (Wildman–Crippen MR) is 109 cm³/mol. The zero-order valence-corrected chi connectivity index (χ0v) is 17.2. The van der Waals surface area contributed by atoms with E-state index in [-0.39, 0.29) is 24.2 Å². The Balaban J connectivity index is 1.99. The molecule has 3 aromatic heterocycles. The molecule has 0 aliphatic carbocycles. The second-order valence-electron chi connectivity index (χ2n) is 8.45. The Kier molecular flexibility index (Phi) is 4.75. The summed E-state index contributed by atoms with van der Waals surface area (Å²) >= 11 is 0. The third-order valence-corrected chi connectivity index (χ3v) is 5.46. The van der Waals surface area contributed by atoms with Crippen molar-refractivity contribution in [3.8, 4) is 0 Å². The Morgan fingerprint density at radius 1 is 1.25 bits per heavy atom. The third-order valence-electron chi connectivity index (χ3n) is 5.46. The molecule has 0 amide bonds. The first-order valence-electron chi connectivity index (χ1n) is 9.94. The lowest BCUT2D eigenvalue weighted by Gasteiger charge is -2.33. The van der Waals surface area contributed by atoms with Gasteiger partial charge in [-0.3, -0.25) is 0 Å². The van der Waals surface area contributed by atoms with Crippen molar-refractivity contribution >= 4 is 28.0 Å². The summed E-state index contributed by atoms with van der Waals surface area (Å²) in [5.41, 5.74) is 5.07. The Bertz CT molecular complexity index is 1020. The molecule has 150 valence electrons. The van der Waals surface area contributed by atoms with Gasteiger partial charge in [-0.05, 0) is 31.7 Å². The number of aliphatic hydroxyl groups is 1. The molecule has 0 spiro atoms. The molecule has 0 fully saturated rings. The second kappa shape index (κ2) is 6.97. The number of hydrogen-bond donors (Lipinski definition) is 2. The van der Waals surface area contributed by atoms with Crippen molar-refractivity contribution in [3.63, 3.8) is 0 Å². The van der Waals surface area contributed by atoms with E-state index in [4.69, 9.17) is 14.1 Å². The first-order valence-corrected chi connectivity index (χ1v) is 9.94. The van der Waals surface area contributed by atoms with Crippen LogP contribution >= 0.6 is 0 Å². The van der Waals surface area contributed by atoms with Crippen LogP contribution < -0.4 is 5.32 Å². The van der Waals surface area contributed by atoms with Gasteiger partial charge in [0.15, 0.2) is 11.4 Å². The molecule has 1 aliphatic heterocycles. The number of hydrogen-bond acceptors (Lipinski definition) is 7. The van der Waals surface area contributed by atoms with Gasteiger partial charge >= 0.3 is 0 Å². The summed E-state index contributed by atoms with van der Waals surface area (Å²) in [7, 11) is 0. The summed E-state index contributed by atoms with van der Waals surface area (Å²) in [4.78, 5) is 13.7. The van der Waals surface area contributed by atoms with E-state index in [1.54, 1.807) is 0 Å². The van der Waals surface area contributed by atoms with Crippen LogP contribution in [0.4, 0.5) is 5.82 Å². The highest BCUT2D eigenvalue weighted by molar-refractivity contribution is 6.06. The van der Waals surface area contributed by atoms with Gasteiger partial charge in [0.1, 0.15) is 11.8 Å². The van der Waals surface area contributed by atoms with Crippen LogP contribution in [0.1, 0.15) is 63.8 Å². The molecule has 0 saturated carbocycles. The largest absolute Gasteiger partial charge is 0.432 e. The van der Waals surface area contributed by atoms with E-state index in [1.165, 1.54) is 11.9 Å². The molecule has 7 heteroatoms. The number of furan rings is 1. The fourth-order valence-corrected chi connectivity index (χ4v) is 3.88. The number of aromatic nitrogens is 3. The lowest BCUT2D eigenvalue weighted by molar-refractivity contribution is -0.0402. The Hall–Kier alpha value is -2.25. The highest BCUT2D eigenvalue weighted by atomic mass is 16.5. The summed E-state index contributed by atoms with van der Waals surface area (Å²) in [6.45, 7) is 11.1. The number of nitrogens with zero attached hydrogens (tertiary/aromatic N) is 3. The molecule has 3 aromatic rings. The van der Waals surface area contributed by atoms with Crippen LogP contribution in [-0.2, 0) is 17.8 Å². The average Bonchev–Trinajstić information content (AvgIpc) is 3.04. The molecule has 7 nitrogen and oxygen atoms in total. The van der Waals surface area contributed by atoms with Gasteiger partial charge in [0.25, 0.3) is 0 Å². The number of anilines is 1. The van der Waals surface area contributed by atoms with Crippen LogP contribution in [-0.4, -0.2) is 38.3 Å². The van der Waals surface area contributed by atoms with E-state index < -0.39 is 0 Å². The van der Waals surface area contributed by atoms with Crippen molar-refractivity contribution in [2.45, 2.75) is 71.6 Å². The highest BCUT2D eigenvalue weighted by Crippen LogP contribution is 2.40. The molecule has 4 heterocycles. The van der Waals surface area contributed by atoms with E-state index in [0.29, 0.717) is 23.7 Å². The van der Waals surface area contributed by atoms with Crippen molar-refractivity contribution in [2.24, 2.45) is 0 Å². The number of pyridine rings is 1. The van der Waals surface area contributed by atoms with Gasteiger partial charge in [-0.1, -0.05) is 20.8 Å². The van der Waals surface area contributed by atoms with Gasteiger partial charge in [0.05, 0.1) is 35.9 Å². The third kappa shape index (κ3) is 3.12. The van der Waals surface area contributed by atoms with Crippen LogP contribution in [0.2, 0.25) is 0 Å². The molecular weight excluding hydrogens is 356 g/mol. The maximum absolute atomic E-state index is 9.55. The monoisotopic (exact) mass is 384 g/mol. The van der Waals surface area contributed by atoms with E-state index >= 15 is 0 Å². The predicted octanol–water partition coefficient (Wildman–Crippen LogP) is 3.93. The molecule has 1 aliphatic rings. The van der Waals surface area contributed by atoms with Crippen molar-refractivity contribution in [1.82, 2.24) is 15.0 Å². The molecule has 0 bridgehead atoms. The highest BCUT2D eigenvalue weighted by Gasteiger charge is 2.33. The normalized spacial score (nSPS) is 17.2. The van der Waals surface area contributed by atoms with E-state index in [9.17, 15) is 5.11 Å². The van der Waals surface area contributed by atoms with Gasteiger partial charge < -0.3 is 19.6 Å². The molecular formula is C21H28N4O3. The average molecular weight is 384 g/mol. The first-order chi connectivity index (χ1) is 13.3. The molecule has 2 N–H and O–H groups in total. The number of nitrogens with one attached hydrogen (secondary N) is 1. The molecule has 0 unspecified atom stereocenters. The quantitative estimate of drug-likeness (QED) is 0.688. The summed E-state index contributed by atoms with van der Waals surface area (Å²) < 4.78 is 12.3. The standard InChI is InChI=1S/C21H28N4O3/c1-6-12(8-26)24-19-18-17(22-10-23-19)15-13-7-21(4,5)27-9-14(13)16(11(2)3)25-20(15)28-18/h10-12,26H,6-9H2,1-5H3,(H,22,23,24)/t12-/m1/s1. The van der Waals surface area contributed by atoms with Crippen LogP contribution in [0, 0.1) is 0 Å². The van der Waals surface area contributed by atoms with Crippen LogP contribution in [0.25, 0.3) is 22.2 Å². The van der Waals surface area contributed by atoms with E-state index in [1.807, 2.05) is 6.92 Å². The van der Waals surface area contributed by atoms with E-state index in [2.05, 4.69) is 43.0 Å². The smallest absolute Gasteiger partial charge is 0.229 e. The van der Waals surface area contributed by atoms with E-state index in [0.717, 1.165) is 35.0 Å². The Morgan fingerprint density at radius 2 is 2.04 bits per heavy atom. The Morgan fingerprint density at radius 3 is 2.71 bits per heavy atom. The zero-order valence-electron chi connectivity index (χ0n) is 17.2. The summed E-state index contributed by atoms with van der Waals surface area (Å²) in [6, 6.07) is -0.0910. The van der Waals surface area contributed by atoms with Gasteiger partial charge in [-0.2, -0.15) is 0 Å². The second-order valence-corrected chi connectivity index (χ2v) is 8.45. The topological polar surface area (TPSA) is 93.3 Å². The van der Waals surface area contributed by atoms with Crippen LogP contribution in [0.15, 0.2) is 10.7 Å². The number of ether oxygens (including phenoxy) is 1. The van der Waals surface area contributed by atoms with Crippen LogP contribution in [0.5, 0.6) is 0 Å². The first kappa shape index (κ1) is 19.1. The minimum atomic E-state index is -0.253. The molecule has 0 radical (unpaired) electrons. The molecule has 1 atom stereocenters. The summed E-state index contributed by atoms with van der Waals surface area (Å²) in [6.07, 6.45) is 3.09. The maximum Gasteiger partial charge on any atom is 0.229 e. The van der Waals surface area contributed by atoms with Gasteiger partial charge in [0.2, 0.25) is 5.71 Å². The summed E-state index contributed by atoms with van der Waals surface area (Å²) in [5.74, 6) is 0.855. The minimum absolute atomic E-state index is 0.0267. The molecule has 4 rings (SSSR count). The summed E-state index contributed by atoms with van der Waals surface area (Å²) in [5, 5.41) is 13.8. The molecule has 0 aromatic carbocycles. The van der Waals surface area contributed by atoms with Crippen molar-refractivity contribution in [1.29, 1.82) is 0 Å². The SMILES string of the molecule is CC[C@H](CO)Nc1ncnc2c1oc1nc(C(C)C)c3c(c12)CC(C)(C)OC3. The number of aliphatic hydroxyl groups excluding tert-OH is 1. The lowest BCUT2D eigenvalue weighted by atomic mass is 9.87. The van der Waals surface area contributed by atoms with Gasteiger partial charge in [-0.25, -0.2) is 15.0 Å². The van der Waals surface area contributed by atoms with Crippen molar-refractivity contribution in [2.75, 3.05) is 11.9 Å². The minimum Gasteiger partial charge on any atom is -0.432 e. The Labute approximate surface area is 164 Å². The number of rotatable bonds is 5. The lowest BCUT2D eigenvalue weighted by Crippen LogP contribution is -2.33. The fourth-order valence-electron chi connectivity index (χ4n) is 3.88. The van der Waals surface area contributed by atoms with Crippen molar-refractivity contribution in [3.05, 3.63) is 23.1 Å².